The number of aromatic hydroxyl groups is 1. The Labute approximate surface area is 88.7 Å². The highest BCUT2D eigenvalue weighted by Crippen LogP contribution is 2.34. The molecule has 0 fully saturated rings. The van der Waals surface area contributed by atoms with E-state index in [0.717, 1.165) is 6.42 Å². The van der Waals surface area contributed by atoms with Crippen molar-refractivity contribution in [3.05, 3.63) is 33.4 Å². The smallest absolute Gasteiger partial charge is 0.270 e. The summed E-state index contributed by atoms with van der Waals surface area (Å²) in [6, 6.07) is 2.84. The predicted octanol–water partition coefficient (Wildman–Crippen LogP) is 3.12. The number of phenolic OH excluding ortho intramolecular Hbond substituents is 1. The molecule has 1 atom stereocenters. The molecule has 1 N–H and O–H groups in total. The van der Waals surface area contributed by atoms with Crippen molar-refractivity contribution >= 4 is 5.69 Å². The lowest BCUT2D eigenvalue weighted by Gasteiger charge is -2.12. The Bertz CT molecular complexity index is 388. The number of non-ortho nitro benzene ring substituents is 1. The largest absolute Gasteiger partial charge is 0.507 e. The van der Waals surface area contributed by atoms with Gasteiger partial charge in [0.2, 0.25) is 0 Å². The van der Waals surface area contributed by atoms with E-state index in [0.29, 0.717) is 11.1 Å². The lowest BCUT2D eigenvalue weighted by atomic mass is 9.95. The normalized spacial score (nSPS) is 12.5. The molecule has 4 nitrogen and oxygen atoms in total. The molecule has 0 saturated carbocycles. The van der Waals surface area contributed by atoms with Crippen molar-refractivity contribution < 1.29 is 10.0 Å². The van der Waals surface area contributed by atoms with Crippen molar-refractivity contribution in [2.75, 3.05) is 0 Å². The summed E-state index contributed by atoms with van der Waals surface area (Å²) in [5.74, 6) is 0.304. The SMILES string of the molecule is CCC(C)c1cc([N+](=O)[O-])cc(C)c1O. The molecule has 1 aromatic carbocycles. The van der Waals surface area contributed by atoms with Crippen molar-refractivity contribution in [1.29, 1.82) is 0 Å². The van der Waals surface area contributed by atoms with Gasteiger partial charge in [0.1, 0.15) is 5.75 Å². The van der Waals surface area contributed by atoms with Crippen LogP contribution in [0.1, 0.15) is 37.3 Å². The summed E-state index contributed by atoms with van der Waals surface area (Å²) in [5, 5.41) is 20.4. The second-order valence-corrected chi connectivity index (χ2v) is 3.77. The van der Waals surface area contributed by atoms with Crippen LogP contribution in [0.15, 0.2) is 12.1 Å². The zero-order valence-corrected chi connectivity index (χ0v) is 9.15. The molecule has 1 rings (SSSR count). The highest BCUT2D eigenvalue weighted by atomic mass is 16.6. The van der Waals surface area contributed by atoms with Crippen LogP contribution in [-0.4, -0.2) is 10.0 Å². The average Bonchev–Trinajstić information content (AvgIpc) is 2.20. The molecule has 0 amide bonds. The number of phenols is 1. The van der Waals surface area contributed by atoms with Crippen LogP contribution in [0.3, 0.4) is 0 Å². The summed E-state index contributed by atoms with van der Waals surface area (Å²) in [7, 11) is 0. The lowest BCUT2D eigenvalue weighted by Crippen LogP contribution is -1.97. The van der Waals surface area contributed by atoms with Crippen molar-refractivity contribution in [2.24, 2.45) is 0 Å². The van der Waals surface area contributed by atoms with Crippen LogP contribution in [0.25, 0.3) is 0 Å². The van der Waals surface area contributed by atoms with Crippen LogP contribution in [-0.2, 0) is 0 Å². The topological polar surface area (TPSA) is 63.4 Å². The summed E-state index contributed by atoms with van der Waals surface area (Å²) >= 11 is 0. The fourth-order valence-electron chi connectivity index (χ4n) is 1.49. The Hall–Kier alpha value is -1.58. The zero-order chi connectivity index (χ0) is 11.6. The molecule has 15 heavy (non-hydrogen) atoms. The van der Waals surface area contributed by atoms with E-state index in [1.165, 1.54) is 12.1 Å². The molecule has 0 aromatic heterocycles. The third-order valence-corrected chi connectivity index (χ3v) is 2.67. The van der Waals surface area contributed by atoms with Crippen molar-refractivity contribution in [3.63, 3.8) is 0 Å². The van der Waals surface area contributed by atoms with Gasteiger partial charge in [0.05, 0.1) is 4.92 Å². The second-order valence-electron chi connectivity index (χ2n) is 3.77. The number of nitrogens with zero attached hydrogens (tertiary/aromatic N) is 1. The van der Waals surface area contributed by atoms with E-state index in [2.05, 4.69) is 0 Å². The lowest BCUT2D eigenvalue weighted by molar-refractivity contribution is -0.385. The Morgan fingerprint density at radius 1 is 1.53 bits per heavy atom. The van der Waals surface area contributed by atoms with E-state index in [1.54, 1.807) is 6.92 Å². The van der Waals surface area contributed by atoms with Gasteiger partial charge >= 0.3 is 0 Å². The summed E-state index contributed by atoms with van der Waals surface area (Å²) in [5.41, 5.74) is 1.25. The molecule has 0 radical (unpaired) electrons. The van der Waals surface area contributed by atoms with Gasteiger partial charge in [0.25, 0.3) is 5.69 Å². The first-order valence-corrected chi connectivity index (χ1v) is 4.95. The number of hydrogen-bond donors (Lipinski definition) is 1. The molecular weight excluding hydrogens is 194 g/mol. The molecule has 0 aliphatic rings. The van der Waals surface area contributed by atoms with Crippen molar-refractivity contribution in [3.8, 4) is 5.75 Å². The Morgan fingerprint density at radius 2 is 2.13 bits per heavy atom. The number of aryl methyl sites for hydroxylation is 1. The van der Waals surface area contributed by atoms with E-state index in [1.807, 2.05) is 13.8 Å². The average molecular weight is 209 g/mol. The van der Waals surface area contributed by atoms with E-state index < -0.39 is 4.92 Å². The first-order chi connectivity index (χ1) is 6.97. The fraction of sp³-hybridized carbons (Fsp3) is 0.455. The van der Waals surface area contributed by atoms with Gasteiger partial charge in [-0.25, -0.2) is 0 Å². The van der Waals surface area contributed by atoms with Crippen LogP contribution >= 0.6 is 0 Å². The minimum Gasteiger partial charge on any atom is -0.507 e. The molecule has 0 saturated heterocycles. The highest BCUT2D eigenvalue weighted by molar-refractivity contribution is 5.50. The van der Waals surface area contributed by atoms with Gasteiger partial charge in [-0.05, 0) is 24.8 Å². The van der Waals surface area contributed by atoms with Gasteiger partial charge in [-0.15, -0.1) is 0 Å². The maximum atomic E-state index is 10.7. The van der Waals surface area contributed by atoms with Crippen LogP contribution in [0, 0.1) is 17.0 Å². The third-order valence-electron chi connectivity index (χ3n) is 2.67. The molecule has 0 aliphatic carbocycles. The fourth-order valence-corrected chi connectivity index (χ4v) is 1.49. The van der Waals surface area contributed by atoms with Gasteiger partial charge in [0.15, 0.2) is 0 Å². The van der Waals surface area contributed by atoms with Gasteiger partial charge in [-0.1, -0.05) is 13.8 Å². The van der Waals surface area contributed by atoms with Crippen LogP contribution in [0.4, 0.5) is 5.69 Å². The third kappa shape index (κ3) is 2.26. The van der Waals surface area contributed by atoms with E-state index >= 15 is 0 Å². The van der Waals surface area contributed by atoms with E-state index in [-0.39, 0.29) is 17.4 Å². The number of benzene rings is 1. The van der Waals surface area contributed by atoms with E-state index in [4.69, 9.17) is 0 Å². The Kier molecular flexibility index (Phi) is 3.29. The van der Waals surface area contributed by atoms with Gasteiger partial charge in [-0.2, -0.15) is 0 Å². The number of nitro benzene ring substituents is 1. The minimum absolute atomic E-state index is 0.0422. The number of rotatable bonds is 3. The van der Waals surface area contributed by atoms with Gasteiger partial charge in [-0.3, -0.25) is 10.1 Å². The molecule has 82 valence electrons. The molecule has 1 aromatic rings. The van der Waals surface area contributed by atoms with E-state index in [9.17, 15) is 15.2 Å². The standard InChI is InChI=1S/C11H15NO3/c1-4-7(2)10-6-9(12(14)15)5-8(3)11(10)13/h5-7,13H,4H2,1-3H3. The summed E-state index contributed by atoms with van der Waals surface area (Å²) < 4.78 is 0. The van der Waals surface area contributed by atoms with Crippen LogP contribution < -0.4 is 0 Å². The molecule has 0 spiro atoms. The first kappa shape index (κ1) is 11.5. The molecule has 1 unspecified atom stereocenters. The number of hydrogen-bond acceptors (Lipinski definition) is 3. The minimum atomic E-state index is -0.432. The van der Waals surface area contributed by atoms with Gasteiger partial charge in [0, 0.05) is 17.7 Å². The summed E-state index contributed by atoms with van der Waals surface area (Å²) in [6.45, 7) is 5.60. The molecule has 4 heteroatoms. The van der Waals surface area contributed by atoms with Crippen molar-refractivity contribution in [1.82, 2.24) is 0 Å². The summed E-state index contributed by atoms with van der Waals surface area (Å²) in [4.78, 5) is 10.2. The molecule has 0 bridgehead atoms. The quantitative estimate of drug-likeness (QED) is 0.614. The summed E-state index contributed by atoms with van der Waals surface area (Å²) in [6.07, 6.45) is 0.841. The second kappa shape index (κ2) is 4.29. The van der Waals surface area contributed by atoms with Crippen LogP contribution in [0.5, 0.6) is 5.75 Å². The number of nitro groups is 1. The maximum absolute atomic E-state index is 10.7. The molecule has 0 heterocycles. The monoisotopic (exact) mass is 209 g/mol. The highest BCUT2D eigenvalue weighted by Gasteiger charge is 2.16. The van der Waals surface area contributed by atoms with Crippen molar-refractivity contribution in [2.45, 2.75) is 33.1 Å². The van der Waals surface area contributed by atoms with Crippen LogP contribution in [0.2, 0.25) is 0 Å². The molecular formula is C11H15NO3. The maximum Gasteiger partial charge on any atom is 0.270 e. The zero-order valence-electron chi connectivity index (χ0n) is 9.15. The first-order valence-electron chi connectivity index (χ1n) is 4.95. The predicted molar refractivity (Wildman–Crippen MR) is 58.2 cm³/mol. The van der Waals surface area contributed by atoms with Gasteiger partial charge < -0.3 is 5.11 Å². The Morgan fingerprint density at radius 3 is 2.60 bits per heavy atom. The molecule has 0 aliphatic heterocycles. The Balaban J connectivity index is 3.31.